The monoisotopic (exact) mass is 255 g/mol. The van der Waals surface area contributed by atoms with Crippen molar-refractivity contribution in [1.29, 1.82) is 0 Å². The van der Waals surface area contributed by atoms with Gasteiger partial charge in [-0.25, -0.2) is 0 Å². The zero-order valence-corrected chi connectivity index (χ0v) is 10.7. The van der Waals surface area contributed by atoms with Crippen LogP contribution in [0.3, 0.4) is 0 Å². The van der Waals surface area contributed by atoms with Gasteiger partial charge in [0.05, 0.1) is 5.56 Å². The molecule has 0 fully saturated rings. The molecule has 0 amide bonds. The number of carbonyl (C=O) groups is 1. The van der Waals surface area contributed by atoms with E-state index >= 15 is 0 Å². The highest BCUT2D eigenvalue weighted by molar-refractivity contribution is 6.10. The number of benzene rings is 2. The van der Waals surface area contributed by atoms with Gasteiger partial charge in [0.2, 0.25) is 0 Å². The summed E-state index contributed by atoms with van der Waals surface area (Å²) in [5.74, 6) is 0.240. The first kappa shape index (κ1) is 13.1. The van der Waals surface area contributed by atoms with Crippen molar-refractivity contribution >= 4 is 5.78 Å². The Morgan fingerprint density at radius 1 is 1.21 bits per heavy atom. The number of carbonyl (C=O) groups excluding carboxylic acids is 1. The molecular formula is C16H15O3. The summed E-state index contributed by atoms with van der Waals surface area (Å²) < 4.78 is 5.28. The first-order valence-corrected chi connectivity index (χ1v) is 6.13. The summed E-state index contributed by atoms with van der Waals surface area (Å²) in [7, 11) is 0. The number of phenolic OH excluding ortho intramolecular Hbond substituents is 1. The molecule has 3 heteroatoms. The Balaban J connectivity index is 2.24. The van der Waals surface area contributed by atoms with E-state index in [1.54, 1.807) is 43.0 Å². The van der Waals surface area contributed by atoms with Crippen molar-refractivity contribution in [3.05, 3.63) is 66.3 Å². The molecule has 0 aliphatic carbocycles. The molecule has 2 aromatic rings. The molecule has 0 saturated heterocycles. The van der Waals surface area contributed by atoms with Crippen molar-refractivity contribution < 1.29 is 14.6 Å². The van der Waals surface area contributed by atoms with Gasteiger partial charge >= 0.3 is 0 Å². The largest absolute Gasteiger partial charge is 0.507 e. The molecule has 97 valence electrons. The molecule has 0 saturated carbocycles. The molecule has 0 spiro atoms. The summed E-state index contributed by atoms with van der Waals surface area (Å²) in [5.41, 5.74) is 0.821. The lowest BCUT2D eigenvalue weighted by atomic mass is 10.0. The van der Waals surface area contributed by atoms with Crippen LogP contribution in [0.5, 0.6) is 11.5 Å². The van der Waals surface area contributed by atoms with Crippen LogP contribution in [0.15, 0.2) is 48.5 Å². The van der Waals surface area contributed by atoms with E-state index in [0.717, 1.165) is 6.42 Å². The lowest BCUT2D eigenvalue weighted by molar-refractivity contribution is 0.103. The second kappa shape index (κ2) is 6.05. The molecule has 0 aliphatic rings. The third-order valence-electron chi connectivity index (χ3n) is 2.64. The Bertz CT molecular complexity index is 561. The summed E-state index contributed by atoms with van der Waals surface area (Å²) in [6, 6.07) is 13.5. The first-order valence-electron chi connectivity index (χ1n) is 6.13. The van der Waals surface area contributed by atoms with Crippen LogP contribution in [0.2, 0.25) is 0 Å². The van der Waals surface area contributed by atoms with Crippen LogP contribution < -0.4 is 4.74 Å². The fourth-order valence-electron chi connectivity index (χ4n) is 1.70. The second-order valence-electron chi connectivity index (χ2n) is 4.07. The third-order valence-corrected chi connectivity index (χ3v) is 2.64. The number of ketones is 1. The highest BCUT2D eigenvalue weighted by atomic mass is 16.5. The van der Waals surface area contributed by atoms with Gasteiger partial charge < -0.3 is 9.84 Å². The van der Waals surface area contributed by atoms with Crippen LogP contribution >= 0.6 is 0 Å². The zero-order valence-electron chi connectivity index (χ0n) is 10.7. The molecule has 2 rings (SSSR count). The van der Waals surface area contributed by atoms with Crippen LogP contribution in [0.4, 0.5) is 0 Å². The van der Waals surface area contributed by atoms with E-state index in [0.29, 0.717) is 11.3 Å². The lowest BCUT2D eigenvalue weighted by Gasteiger charge is -2.07. The second-order valence-corrected chi connectivity index (χ2v) is 4.07. The highest BCUT2D eigenvalue weighted by Gasteiger charge is 2.13. The smallest absolute Gasteiger partial charge is 0.196 e. The van der Waals surface area contributed by atoms with Gasteiger partial charge in [0.15, 0.2) is 5.78 Å². The van der Waals surface area contributed by atoms with Gasteiger partial charge in [0, 0.05) is 11.6 Å². The molecule has 0 aliphatic heterocycles. The molecule has 0 atom stereocenters. The highest BCUT2D eigenvalue weighted by Crippen LogP contribution is 2.26. The summed E-state index contributed by atoms with van der Waals surface area (Å²) >= 11 is 0. The van der Waals surface area contributed by atoms with Crippen LogP contribution in [-0.2, 0) is 0 Å². The van der Waals surface area contributed by atoms with Crippen molar-refractivity contribution in [3.8, 4) is 11.5 Å². The Morgan fingerprint density at radius 3 is 2.58 bits per heavy atom. The van der Waals surface area contributed by atoms with Crippen LogP contribution in [0, 0.1) is 6.61 Å². The minimum absolute atomic E-state index is 0.0733. The summed E-state index contributed by atoms with van der Waals surface area (Å²) in [6.45, 7) is 3.58. The van der Waals surface area contributed by atoms with E-state index in [-0.39, 0.29) is 17.1 Å². The van der Waals surface area contributed by atoms with E-state index in [9.17, 15) is 9.90 Å². The number of rotatable bonds is 5. The topological polar surface area (TPSA) is 46.5 Å². The van der Waals surface area contributed by atoms with E-state index in [2.05, 4.69) is 0 Å². The van der Waals surface area contributed by atoms with Gasteiger partial charge in [0.25, 0.3) is 0 Å². The van der Waals surface area contributed by atoms with Crippen molar-refractivity contribution in [1.82, 2.24) is 0 Å². The van der Waals surface area contributed by atoms with Crippen molar-refractivity contribution in [3.63, 3.8) is 0 Å². The Labute approximate surface area is 112 Å². The van der Waals surface area contributed by atoms with E-state index in [1.807, 2.05) is 13.0 Å². The van der Waals surface area contributed by atoms with E-state index in [4.69, 9.17) is 4.74 Å². The fraction of sp³-hybridized carbons (Fsp3) is 0.125. The van der Waals surface area contributed by atoms with Crippen LogP contribution in [0.25, 0.3) is 0 Å². The van der Waals surface area contributed by atoms with Gasteiger partial charge in [0.1, 0.15) is 18.1 Å². The molecule has 19 heavy (non-hydrogen) atoms. The minimum atomic E-state index is -0.205. The molecule has 1 N–H and O–H groups in total. The molecule has 2 aromatic carbocycles. The number of ether oxygens (including phenoxy) is 1. The van der Waals surface area contributed by atoms with E-state index in [1.165, 1.54) is 6.07 Å². The average molecular weight is 255 g/mol. The first-order chi connectivity index (χ1) is 9.22. The van der Waals surface area contributed by atoms with Gasteiger partial charge in [-0.05, 0) is 18.6 Å². The molecule has 0 aromatic heterocycles. The maximum Gasteiger partial charge on any atom is 0.196 e. The average Bonchev–Trinajstić information content (AvgIpc) is 2.45. The lowest BCUT2D eigenvalue weighted by Crippen LogP contribution is -2.01. The summed E-state index contributed by atoms with van der Waals surface area (Å²) in [6.07, 6.45) is 0.769. The van der Waals surface area contributed by atoms with Crippen molar-refractivity contribution in [2.75, 3.05) is 0 Å². The molecular weight excluding hydrogens is 240 g/mol. The molecule has 0 unspecified atom stereocenters. The quantitative estimate of drug-likeness (QED) is 0.831. The number of phenols is 1. The van der Waals surface area contributed by atoms with Crippen molar-refractivity contribution in [2.45, 2.75) is 13.3 Å². The predicted octanol–water partition coefficient (Wildman–Crippen LogP) is 3.57. The van der Waals surface area contributed by atoms with Crippen molar-refractivity contribution in [2.24, 2.45) is 0 Å². The maximum atomic E-state index is 12.2. The number of hydrogen-bond donors (Lipinski definition) is 1. The summed E-state index contributed by atoms with van der Waals surface area (Å²) in [5, 5.41) is 9.91. The molecule has 1 radical (unpaired) electrons. The standard InChI is InChI=1S/C16H15O3/c1-2-10-19-13-8-9-14(15(17)11-13)16(18)12-6-4-3-5-7-12/h3-11,17H,2H2,1H3. The fourth-order valence-corrected chi connectivity index (χ4v) is 1.70. The van der Waals surface area contributed by atoms with Gasteiger partial charge in [-0.3, -0.25) is 4.79 Å². The Morgan fingerprint density at radius 2 is 1.95 bits per heavy atom. The number of aromatic hydroxyl groups is 1. The normalized spacial score (nSPS) is 10.2. The van der Waals surface area contributed by atoms with Gasteiger partial charge in [-0.2, -0.15) is 0 Å². The number of hydrogen-bond acceptors (Lipinski definition) is 3. The van der Waals surface area contributed by atoms with Crippen LogP contribution in [0.1, 0.15) is 29.3 Å². The Hall–Kier alpha value is -2.29. The minimum Gasteiger partial charge on any atom is -0.507 e. The molecule has 3 nitrogen and oxygen atoms in total. The SMILES string of the molecule is CC[CH]Oc1ccc(C(=O)c2ccccc2)c(O)c1. The third kappa shape index (κ3) is 3.13. The zero-order chi connectivity index (χ0) is 13.7. The van der Waals surface area contributed by atoms with Gasteiger partial charge in [-0.15, -0.1) is 0 Å². The summed E-state index contributed by atoms with van der Waals surface area (Å²) in [4.78, 5) is 12.2. The molecule has 0 bridgehead atoms. The molecule has 0 heterocycles. The van der Waals surface area contributed by atoms with Crippen LogP contribution in [-0.4, -0.2) is 10.9 Å². The van der Waals surface area contributed by atoms with Gasteiger partial charge in [-0.1, -0.05) is 37.3 Å². The maximum absolute atomic E-state index is 12.2. The predicted molar refractivity (Wildman–Crippen MR) is 73.2 cm³/mol. The Kier molecular flexibility index (Phi) is 4.18. The van der Waals surface area contributed by atoms with E-state index < -0.39 is 0 Å².